The first kappa shape index (κ1) is 13.9. The molecular weight excluding hydrogens is 238 g/mol. The number of hydrogen-bond donors (Lipinski definition) is 2. The minimum Gasteiger partial charge on any atom is -0.338 e. The molecule has 1 heterocycles. The van der Waals surface area contributed by atoms with Crippen molar-refractivity contribution in [2.45, 2.75) is 32.7 Å². The van der Waals surface area contributed by atoms with Crippen molar-refractivity contribution in [3.63, 3.8) is 0 Å². The van der Waals surface area contributed by atoms with E-state index in [1.807, 2.05) is 30.0 Å². The molecule has 2 N–H and O–H groups in total. The highest BCUT2D eigenvalue weighted by atomic mass is 16.2. The van der Waals surface area contributed by atoms with Crippen LogP contribution in [0.5, 0.6) is 0 Å². The number of anilines is 1. The Morgan fingerprint density at radius 2 is 2.11 bits per heavy atom. The molecule has 1 unspecified atom stereocenters. The zero-order valence-corrected chi connectivity index (χ0v) is 11.8. The molecule has 4 heteroatoms. The van der Waals surface area contributed by atoms with Gasteiger partial charge in [0.15, 0.2) is 0 Å². The standard InChI is InChI=1S/C15H23N3O/c1-3-16-13-9-7-11-18(15(19)17-4-2)14-10-6-5-8-12(13)14/h5-6,8,10,13,16H,3-4,7,9,11H2,1-2H3,(H,17,19). The Morgan fingerprint density at radius 1 is 1.32 bits per heavy atom. The average molecular weight is 261 g/mol. The Labute approximate surface area is 115 Å². The van der Waals surface area contributed by atoms with Crippen molar-refractivity contribution < 1.29 is 4.79 Å². The molecule has 0 fully saturated rings. The largest absolute Gasteiger partial charge is 0.338 e. The Balaban J connectivity index is 2.32. The number of para-hydroxylation sites is 1. The van der Waals surface area contributed by atoms with Gasteiger partial charge in [0, 0.05) is 19.1 Å². The predicted octanol–water partition coefficient (Wildman–Crippen LogP) is 2.67. The predicted molar refractivity (Wildman–Crippen MR) is 78.5 cm³/mol. The normalized spacial score (nSPS) is 18.6. The summed E-state index contributed by atoms with van der Waals surface area (Å²) in [5, 5.41) is 6.41. The molecular formula is C15H23N3O. The van der Waals surface area contributed by atoms with E-state index in [0.29, 0.717) is 12.6 Å². The lowest BCUT2D eigenvalue weighted by atomic mass is 10.0. The van der Waals surface area contributed by atoms with Crippen LogP contribution >= 0.6 is 0 Å². The summed E-state index contributed by atoms with van der Waals surface area (Å²) in [4.78, 5) is 14.0. The van der Waals surface area contributed by atoms with Crippen molar-refractivity contribution in [3.05, 3.63) is 29.8 Å². The van der Waals surface area contributed by atoms with Crippen LogP contribution in [0.4, 0.5) is 10.5 Å². The van der Waals surface area contributed by atoms with Crippen molar-refractivity contribution >= 4 is 11.7 Å². The van der Waals surface area contributed by atoms with Crippen molar-refractivity contribution in [1.82, 2.24) is 10.6 Å². The third-order valence-electron chi connectivity index (χ3n) is 3.50. The van der Waals surface area contributed by atoms with Gasteiger partial charge >= 0.3 is 6.03 Å². The van der Waals surface area contributed by atoms with E-state index in [1.165, 1.54) is 5.56 Å². The molecule has 19 heavy (non-hydrogen) atoms. The number of amides is 2. The van der Waals surface area contributed by atoms with Gasteiger partial charge in [0.2, 0.25) is 0 Å². The Kier molecular flexibility index (Phi) is 4.80. The van der Waals surface area contributed by atoms with Gasteiger partial charge in [-0.25, -0.2) is 4.79 Å². The number of hydrogen-bond acceptors (Lipinski definition) is 2. The molecule has 0 bridgehead atoms. The molecule has 0 saturated heterocycles. The Hall–Kier alpha value is -1.55. The third kappa shape index (κ3) is 3.07. The highest BCUT2D eigenvalue weighted by Crippen LogP contribution is 2.32. The second kappa shape index (κ2) is 6.57. The van der Waals surface area contributed by atoms with E-state index in [0.717, 1.165) is 31.6 Å². The van der Waals surface area contributed by atoms with Crippen LogP contribution in [0.3, 0.4) is 0 Å². The van der Waals surface area contributed by atoms with Gasteiger partial charge in [-0.3, -0.25) is 4.90 Å². The molecule has 1 aliphatic heterocycles. The zero-order valence-electron chi connectivity index (χ0n) is 11.8. The lowest BCUT2D eigenvalue weighted by Crippen LogP contribution is -2.40. The lowest BCUT2D eigenvalue weighted by Gasteiger charge is -2.24. The van der Waals surface area contributed by atoms with Gasteiger partial charge < -0.3 is 10.6 Å². The van der Waals surface area contributed by atoms with Crippen LogP contribution in [0, 0.1) is 0 Å². The summed E-state index contributed by atoms with van der Waals surface area (Å²) in [5.74, 6) is 0. The molecule has 2 rings (SSSR count). The van der Waals surface area contributed by atoms with Crippen LogP contribution in [0.15, 0.2) is 24.3 Å². The molecule has 1 aliphatic rings. The smallest absolute Gasteiger partial charge is 0.321 e. The molecule has 4 nitrogen and oxygen atoms in total. The molecule has 0 saturated carbocycles. The molecule has 1 aromatic carbocycles. The number of nitrogens with one attached hydrogen (secondary N) is 2. The van der Waals surface area contributed by atoms with Crippen molar-refractivity contribution in [3.8, 4) is 0 Å². The van der Waals surface area contributed by atoms with Gasteiger partial charge in [0.05, 0.1) is 5.69 Å². The molecule has 1 atom stereocenters. The first-order valence-corrected chi connectivity index (χ1v) is 7.15. The van der Waals surface area contributed by atoms with E-state index in [9.17, 15) is 4.79 Å². The second-order valence-corrected chi connectivity index (χ2v) is 4.80. The molecule has 0 radical (unpaired) electrons. The van der Waals surface area contributed by atoms with E-state index in [1.54, 1.807) is 0 Å². The molecule has 1 aromatic rings. The number of rotatable bonds is 3. The molecule has 0 aliphatic carbocycles. The van der Waals surface area contributed by atoms with Crippen molar-refractivity contribution in [2.75, 3.05) is 24.5 Å². The van der Waals surface area contributed by atoms with E-state index in [2.05, 4.69) is 23.6 Å². The molecule has 2 amide bonds. The summed E-state index contributed by atoms with van der Waals surface area (Å²) in [7, 11) is 0. The topological polar surface area (TPSA) is 44.4 Å². The first-order valence-electron chi connectivity index (χ1n) is 7.15. The van der Waals surface area contributed by atoms with Gasteiger partial charge in [0.25, 0.3) is 0 Å². The van der Waals surface area contributed by atoms with Gasteiger partial charge in [-0.15, -0.1) is 0 Å². The van der Waals surface area contributed by atoms with Gasteiger partial charge in [-0.1, -0.05) is 25.1 Å². The quantitative estimate of drug-likeness (QED) is 0.878. The van der Waals surface area contributed by atoms with Crippen LogP contribution in [-0.4, -0.2) is 25.7 Å². The minimum atomic E-state index is 0.00657. The number of fused-ring (bicyclic) bond motifs is 1. The third-order valence-corrected chi connectivity index (χ3v) is 3.50. The fraction of sp³-hybridized carbons (Fsp3) is 0.533. The van der Waals surface area contributed by atoms with Crippen LogP contribution in [-0.2, 0) is 0 Å². The van der Waals surface area contributed by atoms with Crippen LogP contribution in [0.25, 0.3) is 0 Å². The van der Waals surface area contributed by atoms with Crippen LogP contribution < -0.4 is 15.5 Å². The van der Waals surface area contributed by atoms with Crippen LogP contribution in [0.1, 0.15) is 38.3 Å². The van der Waals surface area contributed by atoms with Gasteiger partial charge in [-0.05, 0) is 37.9 Å². The number of benzene rings is 1. The molecule has 0 aromatic heterocycles. The maximum atomic E-state index is 12.2. The summed E-state index contributed by atoms with van der Waals surface area (Å²) in [6.07, 6.45) is 2.09. The maximum absolute atomic E-state index is 12.2. The number of carbonyl (C=O) groups excluding carboxylic acids is 1. The summed E-state index contributed by atoms with van der Waals surface area (Å²) in [6.45, 7) is 6.46. The summed E-state index contributed by atoms with van der Waals surface area (Å²) < 4.78 is 0. The maximum Gasteiger partial charge on any atom is 0.321 e. The summed E-state index contributed by atoms with van der Waals surface area (Å²) in [5.41, 5.74) is 2.27. The van der Waals surface area contributed by atoms with Crippen molar-refractivity contribution in [1.29, 1.82) is 0 Å². The highest BCUT2D eigenvalue weighted by molar-refractivity contribution is 5.93. The van der Waals surface area contributed by atoms with Crippen molar-refractivity contribution in [2.24, 2.45) is 0 Å². The minimum absolute atomic E-state index is 0.00657. The summed E-state index contributed by atoms with van der Waals surface area (Å²) in [6, 6.07) is 8.57. The highest BCUT2D eigenvalue weighted by Gasteiger charge is 2.25. The monoisotopic (exact) mass is 261 g/mol. The second-order valence-electron chi connectivity index (χ2n) is 4.80. The summed E-state index contributed by atoms with van der Waals surface area (Å²) >= 11 is 0. The van der Waals surface area contributed by atoms with Gasteiger partial charge in [-0.2, -0.15) is 0 Å². The van der Waals surface area contributed by atoms with E-state index < -0.39 is 0 Å². The first-order chi connectivity index (χ1) is 9.27. The van der Waals surface area contributed by atoms with Crippen LogP contribution in [0.2, 0.25) is 0 Å². The van der Waals surface area contributed by atoms with Gasteiger partial charge in [0.1, 0.15) is 0 Å². The number of urea groups is 1. The number of carbonyl (C=O) groups is 1. The Morgan fingerprint density at radius 3 is 2.84 bits per heavy atom. The SMILES string of the molecule is CCNC(=O)N1CCCC(NCC)c2ccccc21. The fourth-order valence-electron chi connectivity index (χ4n) is 2.67. The molecule has 0 spiro atoms. The zero-order chi connectivity index (χ0) is 13.7. The molecule has 104 valence electrons. The Bertz CT molecular complexity index is 433. The lowest BCUT2D eigenvalue weighted by molar-refractivity contribution is 0.246. The van der Waals surface area contributed by atoms with E-state index >= 15 is 0 Å². The fourth-order valence-corrected chi connectivity index (χ4v) is 2.67. The average Bonchev–Trinajstić information content (AvgIpc) is 2.60. The van der Waals surface area contributed by atoms with E-state index in [-0.39, 0.29) is 6.03 Å². The van der Waals surface area contributed by atoms with E-state index in [4.69, 9.17) is 0 Å². The number of nitrogens with zero attached hydrogens (tertiary/aromatic N) is 1.